The lowest BCUT2D eigenvalue weighted by Crippen LogP contribution is -2.50. The molecule has 0 saturated heterocycles. The van der Waals surface area contributed by atoms with Gasteiger partial charge < -0.3 is 20.6 Å². The van der Waals surface area contributed by atoms with E-state index < -0.39 is 18.2 Å². The molecule has 53 heavy (non-hydrogen) atoms. The Morgan fingerprint density at radius 2 is 0.811 bits per heavy atom. The predicted molar refractivity (Wildman–Crippen MR) is 231 cm³/mol. The Kier molecular flexibility index (Phi) is 42.1. The number of hydrogen-bond donors (Lipinski definition) is 4. The summed E-state index contributed by atoms with van der Waals surface area (Å²) in [5.41, 5.74) is 0. The molecular weight excluding hydrogens is 655 g/mol. The molecule has 0 heterocycles. The Balaban J connectivity index is 3.63. The van der Waals surface area contributed by atoms with Crippen LogP contribution in [0.1, 0.15) is 239 Å². The van der Waals surface area contributed by atoms with Gasteiger partial charge in [-0.1, -0.05) is 204 Å². The van der Waals surface area contributed by atoms with Gasteiger partial charge in [0.15, 0.2) is 0 Å². The van der Waals surface area contributed by atoms with Crippen molar-refractivity contribution in [2.24, 2.45) is 0 Å². The van der Waals surface area contributed by atoms with E-state index >= 15 is 0 Å². The van der Waals surface area contributed by atoms with Crippen LogP contribution in [0.25, 0.3) is 0 Å². The summed E-state index contributed by atoms with van der Waals surface area (Å²) in [7, 11) is 0. The first kappa shape index (κ1) is 51.6. The van der Waals surface area contributed by atoms with Crippen molar-refractivity contribution in [2.45, 2.75) is 257 Å². The highest BCUT2D eigenvalue weighted by atomic mass is 16.3. The van der Waals surface area contributed by atoms with Crippen molar-refractivity contribution >= 4 is 5.91 Å². The van der Waals surface area contributed by atoms with Crippen molar-refractivity contribution in [3.05, 3.63) is 36.5 Å². The number of amides is 1. The van der Waals surface area contributed by atoms with Crippen LogP contribution in [0.5, 0.6) is 0 Å². The first-order chi connectivity index (χ1) is 26.1. The van der Waals surface area contributed by atoms with E-state index in [1.807, 2.05) is 0 Å². The van der Waals surface area contributed by atoms with Crippen LogP contribution in [0.2, 0.25) is 0 Å². The largest absolute Gasteiger partial charge is 0.394 e. The SMILES string of the molecule is CCCCC/C=C\C=C/CCCCCCCCC(=O)NC(CO)C(O)C(O)CCC/C=C/CCCCCCCCCCCCCCCCCCCCC. The second kappa shape index (κ2) is 43.3. The first-order valence-corrected chi connectivity index (χ1v) is 23.3. The zero-order chi connectivity index (χ0) is 38.7. The maximum Gasteiger partial charge on any atom is 0.220 e. The van der Waals surface area contributed by atoms with Crippen molar-refractivity contribution in [3.63, 3.8) is 0 Å². The minimum absolute atomic E-state index is 0.166. The second-order valence-electron chi connectivity index (χ2n) is 16.0. The van der Waals surface area contributed by atoms with Crippen LogP contribution in [0, 0.1) is 0 Å². The molecule has 3 atom stereocenters. The van der Waals surface area contributed by atoms with Gasteiger partial charge in [0, 0.05) is 6.42 Å². The van der Waals surface area contributed by atoms with Crippen molar-refractivity contribution in [2.75, 3.05) is 6.61 Å². The summed E-state index contributed by atoms with van der Waals surface area (Å²) >= 11 is 0. The van der Waals surface area contributed by atoms with E-state index in [0.29, 0.717) is 12.8 Å². The Morgan fingerprint density at radius 1 is 0.472 bits per heavy atom. The van der Waals surface area contributed by atoms with E-state index in [9.17, 15) is 20.1 Å². The highest BCUT2D eigenvalue weighted by Gasteiger charge is 2.26. The fourth-order valence-corrected chi connectivity index (χ4v) is 7.09. The zero-order valence-corrected chi connectivity index (χ0v) is 35.4. The molecule has 0 aliphatic carbocycles. The van der Waals surface area contributed by atoms with Crippen molar-refractivity contribution in [1.82, 2.24) is 5.32 Å². The number of nitrogens with one attached hydrogen (secondary N) is 1. The van der Waals surface area contributed by atoms with Gasteiger partial charge in [-0.15, -0.1) is 0 Å². The lowest BCUT2D eigenvalue weighted by atomic mass is 10.0. The molecule has 0 radical (unpaired) electrons. The average molecular weight is 746 g/mol. The molecule has 0 saturated carbocycles. The molecule has 0 spiro atoms. The third-order valence-electron chi connectivity index (χ3n) is 10.7. The minimum Gasteiger partial charge on any atom is -0.394 e. The van der Waals surface area contributed by atoms with Crippen LogP contribution >= 0.6 is 0 Å². The summed E-state index contributed by atoms with van der Waals surface area (Å²) in [6, 6.07) is -0.832. The number of hydrogen-bond acceptors (Lipinski definition) is 4. The third-order valence-corrected chi connectivity index (χ3v) is 10.7. The van der Waals surface area contributed by atoms with Gasteiger partial charge in [-0.3, -0.25) is 4.79 Å². The van der Waals surface area contributed by atoms with Gasteiger partial charge in [-0.2, -0.15) is 0 Å². The molecule has 0 aromatic rings. The maximum atomic E-state index is 12.4. The molecule has 312 valence electrons. The second-order valence-corrected chi connectivity index (χ2v) is 16.0. The topological polar surface area (TPSA) is 89.8 Å². The molecule has 0 aliphatic heterocycles. The first-order valence-electron chi connectivity index (χ1n) is 23.3. The Hall–Kier alpha value is -1.43. The molecule has 0 aromatic heterocycles. The molecule has 0 aromatic carbocycles. The van der Waals surface area contributed by atoms with Gasteiger partial charge >= 0.3 is 0 Å². The summed E-state index contributed by atoms with van der Waals surface area (Å²) in [6.07, 6.45) is 54.1. The summed E-state index contributed by atoms with van der Waals surface area (Å²) in [4.78, 5) is 12.4. The number of aliphatic hydroxyl groups is 3. The number of carbonyl (C=O) groups excluding carboxylic acids is 1. The number of rotatable bonds is 42. The van der Waals surface area contributed by atoms with Crippen LogP contribution in [-0.2, 0) is 4.79 Å². The van der Waals surface area contributed by atoms with Gasteiger partial charge in [0.1, 0.15) is 6.10 Å². The Morgan fingerprint density at radius 3 is 1.25 bits per heavy atom. The Bertz CT molecular complexity index is 824. The van der Waals surface area contributed by atoms with Crippen molar-refractivity contribution in [1.29, 1.82) is 0 Å². The standard InChI is InChI=1S/C48H91NO4/c1-3-5-7-9-11-13-15-17-19-20-21-22-23-24-25-26-27-29-30-32-34-36-38-40-42-46(51)48(53)45(44-50)49-47(52)43-41-39-37-35-33-31-28-18-16-14-12-10-8-6-4-2/h12,14,16,18,34,36,45-46,48,50-51,53H,3-11,13,15,17,19-33,35,37-44H2,1-2H3,(H,49,52)/b14-12-,18-16-,36-34+. The third kappa shape index (κ3) is 38.6. The molecule has 5 heteroatoms. The number of unbranched alkanes of at least 4 members (excludes halogenated alkanes) is 29. The van der Waals surface area contributed by atoms with E-state index in [0.717, 1.165) is 44.9 Å². The Labute approximate surface area is 330 Å². The van der Waals surface area contributed by atoms with Gasteiger partial charge in [-0.25, -0.2) is 0 Å². The van der Waals surface area contributed by atoms with E-state index in [4.69, 9.17) is 0 Å². The van der Waals surface area contributed by atoms with E-state index in [1.54, 1.807) is 0 Å². The molecule has 0 fully saturated rings. The number of allylic oxidation sites excluding steroid dienone is 6. The lowest BCUT2D eigenvalue weighted by molar-refractivity contribution is -0.124. The molecular formula is C48H91NO4. The molecule has 0 aliphatic rings. The summed E-state index contributed by atoms with van der Waals surface area (Å²) in [6.45, 7) is 4.14. The molecule has 5 nitrogen and oxygen atoms in total. The van der Waals surface area contributed by atoms with Crippen LogP contribution in [0.3, 0.4) is 0 Å². The zero-order valence-electron chi connectivity index (χ0n) is 35.4. The van der Waals surface area contributed by atoms with Crippen molar-refractivity contribution < 1.29 is 20.1 Å². The van der Waals surface area contributed by atoms with Crippen LogP contribution < -0.4 is 5.32 Å². The summed E-state index contributed by atoms with van der Waals surface area (Å²) in [5, 5.41) is 33.5. The highest BCUT2D eigenvalue weighted by Crippen LogP contribution is 2.16. The monoisotopic (exact) mass is 746 g/mol. The molecule has 4 N–H and O–H groups in total. The molecule has 1 amide bonds. The number of aliphatic hydroxyl groups excluding tert-OH is 3. The van der Waals surface area contributed by atoms with Crippen LogP contribution in [-0.4, -0.2) is 46.1 Å². The maximum absolute atomic E-state index is 12.4. The van der Waals surface area contributed by atoms with Crippen LogP contribution in [0.4, 0.5) is 0 Å². The van der Waals surface area contributed by atoms with Gasteiger partial charge in [-0.05, 0) is 64.2 Å². The fraction of sp³-hybridized carbons (Fsp3) is 0.854. The average Bonchev–Trinajstić information content (AvgIpc) is 3.16. The smallest absolute Gasteiger partial charge is 0.220 e. The molecule has 0 bridgehead atoms. The van der Waals surface area contributed by atoms with E-state index in [1.165, 1.54) is 167 Å². The molecule has 0 rings (SSSR count). The number of carbonyl (C=O) groups is 1. The van der Waals surface area contributed by atoms with Crippen molar-refractivity contribution in [3.8, 4) is 0 Å². The quantitative estimate of drug-likeness (QED) is 0.0284. The lowest BCUT2D eigenvalue weighted by Gasteiger charge is -2.26. The fourth-order valence-electron chi connectivity index (χ4n) is 7.09. The minimum atomic E-state index is -1.16. The normalized spacial score (nSPS) is 13.8. The molecule has 3 unspecified atom stereocenters. The predicted octanol–water partition coefficient (Wildman–Crippen LogP) is 13.5. The van der Waals surface area contributed by atoms with Gasteiger partial charge in [0.05, 0.1) is 18.8 Å². The highest BCUT2D eigenvalue weighted by molar-refractivity contribution is 5.76. The van der Waals surface area contributed by atoms with Gasteiger partial charge in [0.25, 0.3) is 0 Å². The summed E-state index contributed by atoms with van der Waals surface area (Å²) < 4.78 is 0. The summed E-state index contributed by atoms with van der Waals surface area (Å²) in [5.74, 6) is -0.166. The van der Waals surface area contributed by atoms with E-state index in [2.05, 4.69) is 55.6 Å². The van der Waals surface area contributed by atoms with E-state index in [-0.39, 0.29) is 12.5 Å². The van der Waals surface area contributed by atoms with Crippen LogP contribution in [0.15, 0.2) is 36.5 Å². The van der Waals surface area contributed by atoms with Gasteiger partial charge in [0.2, 0.25) is 5.91 Å².